The summed E-state index contributed by atoms with van der Waals surface area (Å²) in [5, 5.41) is 8.77. The van der Waals surface area contributed by atoms with E-state index in [-0.39, 0.29) is 41.9 Å². The van der Waals surface area contributed by atoms with Crippen molar-refractivity contribution < 1.29 is 19.5 Å². The predicted molar refractivity (Wildman–Crippen MR) is 106 cm³/mol. The molecule has 29 heavy (non-hydrogen) atoms. The zero-order valence-electron chi connectivity index (χ0n) is 16.1. The van der Waals surface area contributed by atoms with Gasteiger partial charge in [-0.2, -0.15) is 0 Å². The SMILES string of the molecule is O=C(O)CCCCCN1C(=O)[C@@H]2C3c4ccccc4C(c4ccccc43)[C@@H]2C1=O. The number of benzene rings is 2. The van der Waals surface area contributed by atoms with Crippen molar-refractivity contribution in [1.82, 2.24) is 4.90 Å². The van der Waals surface area contributed by atoms with Crippen LogP contribution in [0.1, 0.15) is 59.8 Å². The van der Waals surface area contributed by atoms with E-state index in [1.807, 2.05) is 24.3 Å². The molecule has 0 saturated carbocycles. The molecule has 3 aliphatic carbocycles. The Bertz CT molecular complexity index is 898. The van der Waals surface area contributed by atoms with Crippen LogP contribution < -0.4 is 0 Å². The molecule has 1 fully saturated rings. The molecule has 0 radical (unpaired) electrons. The summed E-state index contributed by atoms with van der Waals surface area (Å²) in [7, 11) is 0. The van der Waals surface area contributed by atoms with Crippen LogP contribution in [0.5, 0.6) is 0 Å². The number of hydrogen-bond donors (Lipinski definition) is 1. The molecule has 5 nitrogen and oxygen atoms in total. The van der Waals surface area contributed by atoms with Crippen molar-refractivity contribution in [1.29, 1.82) is 0 Å². The van der Waals surface area contributed by atoms with Gasteiger partial charge < -0.3 is 5.11 Å². The molecule has 4 aliphatic rings. The van der Waals surface area contributed by atoms with Crippen LogP contribution in [0.3, 0.4) is 0 Å². The molecule has 5 heteroatoms. The Morgan fingerprint density at radius 2 is 1.21 bits per heavy atom. The number of likely N-dealkylation sites (tertiary alicyclic amines) is 1. The second-order valence-corrected chi connectivity index (χ2v) is 8.30. The number of unbranched alkanes of at least 4 members (excludes halogenated alkanes) is 2. The van der Waals surface area contributed by atoms with Crippen molar-refractivity contribution in [2.75, 3.05) is 6.54 Å². The van der Waals surface area contributed by atoms with Gasteiger partial charge in [0.15, 0.2) is 0 Å². The Morgan fingerprint density at radius 1 is 0.759 bits per heavy atom. The van der Waals surface area contributed by atoms with Crippen molar-refractivity contribution in [2.45, 2.75) is 37.5 Å². The number of carboxylic acid groups (broad SMARTS) is 1. The second-order valence-electron chi connectivity index (χ2n) is 8.30. The number of aliphatic carboxylic acids is 1. The molecule has 0 aromatic heterocycles. The van der Waals surface area contributed by atoms with Crippen molar-refractivity contribution in [2.24, 2.45) is 11.8 Å². The Morgan fingerprint density at radius 3 is 1.62 bits per heavy atom. The van der Waals surface area contributed by atoms with Crippen molar-refractivity contribution >= 4 is 17.8 Å². The van der Waals surface area contributed by atoms with Gasteiger partial charge in [-0.3, -0.25) is 19.3 Å². The number of carboxylic acids is 1. The molecule has 1 heterocycles. The van der Waals surface area contributed by atoms with E-state index >= 15 is 0 Å². The Kier molecular flexibility index (Phi) is 4.26. The zero-order chi connectivity index (χ0) is 20.1. The molecule has 148 valence electrons. The van der Waals surface area contributed by atoms with Gasteiger partial charge in [-0.1, -0.05) is 55.0 Å². The standard InChI is InChI=1S/C24H23NO4/c26-18(27)12-2-1-7-13-25-23(28)21-19-14-8-3-4-9-15(14)20(22(21)24(25)29)17-11-6-5-10-16(17)19/h3-6,8-11,19-22H,1-2,7,12-13H2,(H,26,27)/t19?,20?,21-,22+. The fraction of sp³-hybridized carbons (Fsp3) is 0.375. The van der Waals surface area contributed by atoms with Crippen LogP contribution in [0.15, 0.2) is 48.5 Å². The summed E-state index contributed by atoms with van der Waals surface area (Å²) >= 11 is 0. The van der Waals surface area contributed by atoms with Crippen LogP contribution in [0, 0.1) is 11.8 Å². The number of nitrogens with zero attached hydrogens (tertiary/aromatic N) is 1. The van der Waals surface area contributed by atoms with Gasteiger partial charge in [0, 0.05) is 24.8 Å². The number of carbonyl (C=O) groups is 3. The molecule has 6 rings (SSSR count). The van der Waals surface area contributed by atoms with Crippen LogP contribution in [0.25, 0.3) is 0 Å². The molecule has 2 aromatic carbocycles. The van der Waals surface area contributed by atoms with E-state index < -0.39 is 5.97 Å². The first kappa shape index (κ1) is 18.1. The van der Waals surface area contributed by atoms with Gasteiger partial charge in [0.25, 0.3) is 0 Å². The number of hydrogen-bond acceptors (Lipinski definition) is 3. The van der Waals surface area contributed by atoms with Gasteiger partial charge in [-0.05, 0) is 35.1 Å². The average molecular weight is 389 g/mol. The molecule has 0 unspecified atom stereocenters. The number of rotatable bonds is 6. The Balaban J connectivity index is 1.46. The summed E-state index contributed by atoms with van der Waals surface area (Å²) in [5.41, 5.74) is 4.73. The normalized spacial score (nSPS) is 26.3. The van der Waals surface area contributed by atoms with Gasteiger partial charge in [-0.25, -0.2) is 0 Å². The first-order valence-electron chi connectivity index (χ1n) is 10.3. The summed E-state index contributed by atoms with van der Waals surface area (Å²) in [6.07, 6.45) is 2.05. The number of carbonyl (C=O) groups excluding carboxylic acids is 2. The van der Waals surface area contributed by atoms with E-state index in [0.717, 1.165) is 0 Å². The van der Waals surface area contributed by atoms with Crippen LogP contribution in [-0.2, 0) is 14.4 Å². The lowest BCUT2D eigenvalue weighted by Gasteiger charge is -2.45. The molecule has 0 spiro atoms. The highest BCUT2D eigenvalue weighted by atomic mass is 16.4. The molecule has 1 saturated heterocycles. The van der Waals surface area contributed by atoms with Crippen molar-refractivity contribution in [3.63, 3.8) is 0 Å². The van der Waals surface area contributed by atoms with E-state index in [1.54, 1.807) is 0 Å². The summed E-state index contributed by atoms with van der Waals surface area (Å²) in [6, 6.07) is 16.5. The molecule has 2 aromatic rings. The van der Waals surface area contributed by atoms with Gasteiger partial charge >= 0.3 is 5.97 Å². The maximum absolute atomic E-state index is 13.3. The third-order valence-corrected chi connectivity index (χ3v) is 6.81. The van der Waals surface area contributed by atoms with Crippen molar-refractivity contribution in [3.8, 4) is 0 Å². The fourth-order valence-electron chi connectivity index (χ4n) is 5.68. The first-order chi connectivity index (χ1) is 14.1. The predicted octanol–water partition coefficient (Wildman–Crippen LogP) is 3.52. The van der Waals surface area contributed by atoms with E-state index in [0.29, 0.717) is 25.8 Å². The van der Waals surface area contributed by atoms with E-state index in [1.165, 1.54) is 27.2 Å². The second kappa shape index (κ2) is 6.83. The quantitative estimate of drug-likeness (QED) is 0.606. The molecule has 1 aliphatic heterocycles. The fourth-order valence-corrected chi connectivity index (χ4v) is 5.68. The minimum Gasteiger partial charge on any atom is -0.481 e. The number of amides is 2. The van der Waals surface area contributed by atoms with Gasteiger partial charge in [-0.15, -0.1) is 0 Å². The zero-order valence-corrected chi connectivity index (χ0v) is 16.1. The highest BCUT2D eigenvalue weighted by Gasteiger charge is 2.61. The molecule has 2 amide bonds. The summed E-state index contributed by atoms with van der Waals surface area (Å²) < 4.78 is 0. The average Bonchev–Trinajstić information content (AvgIpc) is 2.98. The maximum atomic E-state index is 13.3. The first-order valence-corrected chi connectivity index (χ1v) is 10.3. The highest BCUT2D eigenvalue weighted by molar-refractivity contribution is 6.07. The monoisotopic (exact) mass is 389 g/mol. The lowest BCUT2D eigenvalue weighted by molar-refractivity contribution is -0.140. The van der Waals surface area contributed by atoms with Crippen LogP contribution in [0.4, 0.5) is 0 Å². The lowest BCUT2D eigenvalue weighted by atomic mass is 9.55. The van der Waals surface area contributed by atoms with Crippen LogP contribution in [-0.4, -0.2) is 34.3 Å². The van der Waals surface area contributed by atoms with Gasteiger partial charge in [0.2, 0.25) is 11.8 Å². The lowest BCUT2D eigenvalue weighted by Crippen LogP contribution is -2.41. The third-order valence-electron chi connectivity index (χ3n) is 6.81. The van der Waals surface area contributed by atoms with Crippen molar-refractivity contribution in [3.05, 3.63) is 70.8 Å². The molecular weight excluding hydrogens is 366 g/mol. The van der Waals surface area contributed by atoms with E-state index in [9.17, 15) is 14.4 Å². The van der Waals surface area contributed by atoms with E-state index in [2.05, 4.69) is 24.3 Å². The van der Waals surface area contributed by atoms with Crippen LogP contribution >= 0.6 is 0 Å². The third kappa shape index (κ3) is 2.64. The number of imide groups is 1. The summed E-state index contributed by atoms with van der Waals surface area (Å²) in [6.45, 7) is 0.385. The highest BCUT2D eigenvalue weighted by Crippen LogP contribution is 2.60. The molecular formula is C24H23NO4. The molecule has 2 atom stereocenters. The smallest absolute Gasteiger partial charge is 0.303 e. The minimum atomic E-state index is -0.809. The van der Waals surface area contributed by atoms with Gasteiger partial charge in [0.1, 0.15) is 0 Å². The minimum absolute atomic E-state index is 0.0581. The molecule has 2 bridgehead atoms. The Hall–Kier alpha value is -2.95. The van der Waals surface area contributed by atoms with Crippen LogP contribution in [0.2, 0.25) is 0 Å². The summed E-state index contributed by atoms with van der Waals surface area (Å²) in [5.74, 6) is -1.70. The summed E-state index contributed by atoms with van der Waals surface area (Å²) in [4.78, 5) is 38.8. The Labute approximate surface area is 169 Å². The largest absolute Gasteiger partial charge is 0.481 e. The topological polar surface area (TPSA) is 74.7 Å². The molecule has 1 N–H and O–H groups in total. The maximum Gasteiger partial charge on any atom is 0.303 e. The van der Waals surface area contributed by atoms with Gasteiger partial charge in [0.05, 0.1) is 11.8 Å². The van der Waals surface area contributed by atoms with E-state index in [4.69, 9.17) is 5.11 Å².